The van der Waals surface area contributed by atoms with Crippen molar-refractivity contribution in [2.45, 2.75) is 13.5 Å². The van der Waals surface area contributed by atoms with E-state index in [-0.39, 0.29) is 22.9 Å². The summed E-state index contributed by atoms with van der Waals surface area (Å²) in [6.07, 6.45) is 1.20. The van der Waals surface area contributed by atoms with Gasteiger partial charge in [-0.25, -0.2) is 0 Å². The molecule has 0 atom stereocenters. The van der Waals surface area contributed by atoms with Gasteiger partial charge < -0.3 is 15.2 Å². The molecule has 0 radical (unpaired) electrons. The minimum absolute atomic E-state index is 0.124. The Morgan fingerprint density at radius 2 is 2.09 bits per heavy atom. The quantitative estimate of drug-likeness (QED) is 0.856. The van der Waals surface area contributed by atoms with E-state index < -0.39 is 12.2 Å². The van der Waals surface area contributed by atoms with E-state index in [1.54, 1.807) is 19.1 Å². The maximum absolute atomic E-state index is 12.6. The summed E-state index contributed by atoms with van der Waals surface area (Å²) in [5.41, 5.74) is 6.22. The molecule has 8 heteroatoms. The SMILES string of the molecule is COc1cccc(/C=N\n2c(N)cc(C)cc2=O)c1OC(F)F. The van der Waals surface area contributed by atoms with Gasteiger partial charge in [0.25, 0.3) is 5.56 Å². The monoisotopic (exact) mass is 323 g/mol. The topological polar surface area (TPSA) is 78.8 Å². The molecule has 0 fully saturated rings. The summed E-state index contributed by atoms with van der Waals surface area (Å²) in [5.74, 6) is 0.0800. The molecule has 0 saturated heterocycles. The molecule has 0 spiro atoms. The molecular formula is C15H15F2N3O3. The van der Waals surface area contributed by atoms with Crippen LogP contribution in [0.25, 0.3) is 0 Å². The number of nitrogens with two attached hydrogens (primary N) is 1. The molecule has 2 aromatic rings. The van der Waals surface area contributed by atoms with Gasteiger partial charge in [0, 0.05) is 11.6 Å². The van der Waals surface area contributed by atoms with E-state index in [0.717, 1.165) is 4.68 Å². The number of methoxy groups -OCH3 is 1. The van der Waals surface area contributed by atoms with Crippen molar-refractivity contribution in [3.8, 4) is 11.5 Å². The van der Waals surface area contributed by atoms with E-state index >= 15 is 0 Å². The molecule has 0 amide bonds. The van der Waals surface area contributed by atoms with Crippen LogP contribution in [-0.4, -0.2) is 24.6 Å². The number of halogens is 2. The number of pyridine rings is 1. The molecular weight excluding hydrogens is 308 g/mol. The first-order chi connectivity index (χ1) is 10.9. The first-order valence-corrected chi connectivity index (χ1v) is 6.57. The van der Waals surface area contributed by atoms with Gasteiger partial charge in [0.05, 0.1) is 13.3 Å². The van der Waals surface area contributed by atoms with E-state index in [1.165, 1.54) is 31.5 Å². The van der Waals surface area contributed by atoms with E-state index in [9.17, 15) is 13.6 Å². The van der Waals surface area contributed by atoms with Crippen LogP contribution < -0.4 is 20.8 Å². The normalized spacial score (nSPS) is 11.2. The molecule has 0 bridgehead atoms. The molecule has 0 aliphatic carbocycles. The lowest BCUT2D eigenvalue weighted by Gasteiger charge is -2.12. The van der Waals surface area contributed by atoms with Gasteiger partial charge in [-0.3, -0.25) is 4.79 Å². The lowest BCUT2D eigenvalue weighted by atomic mass is 10.2. The average molecular weight is 323 g/mol. The molecule has 122 valence electrons. The zero-order valence-corrected chi connectivity index (χ0v) is 12.5. The van der Waals surface area contributed by atoms with Crippen molar-refractivity contribution >= 4 is 12.0 Å². The lowest BCUT2D eigenvalue weighted by Crippen LogP contribution is -2.19. The number of aryl methyl sites for hydroxylation is 1. The molecule has 1 heterocycles. The number of nitrogen functional groups attached to an aromatic ring is 1. The number of hydrogen-bond donors (Lipinski definition) is 1. The molecule has 0 aliphatic rings. The maximum Gasteiger partial charge on any atom is 0.387 e. The number of hydrogen-bond acceptors (Lipinski definition) is 5. The first-order valence-electron chi connectivity index (χ1n) is 6.57. The van der Waals surface area contributed by atoms with Gasteiger partial charge in [-0.15, -0.1) is 0 Å². The molecule has 23 heavy (non-hydrogen) atoms. The summed E-state index contributed by atoms with van der Waals surface area (Å²) in [4.78, 5) is 11.9. The molecule has 6 nitrogen and oxygen atoms in total. The van der Waals surface area contributed by atoms with Crippen LogP contribution >= 0.6 is 0 Å². The van der Waals surface area contributed by atoms with Gasteiger partial charge in [-0.1, -0.05) is 6.07 Å². The van der Waals surface area contributed by atoms with Crippen molar-refractivity contribution in [1.82, 2.24) is 4.68 Å². The van der Waals surface area contributed by atoms with Gasteiger partial charge in [0.15, 0.2) is 11.5 Å². The molecule has 1 aromatic carbocycles. The molecule has 0 unspecified atom stereocenters. The second kappa shape index (κ2) is 6.91. The van der Waals surface area contributed by atoms with Crippen LogP contribution in [0.4, 0.5) is 14.6 Å². The Hall–Kier alpha value is -2.90. The van der Waals surface area contributed by atoms with Gasteiger partial charge in [0.1, 0.15) is 5.82 Å². The Bertz CT molecular complexity index is 788. The van der Waals surface area contributed by atoms with Crippen molar-refractivity contribution in [1.29, 1.82) is 0 Å². The van der Waals surface area contributed by atoms with Crippen LogP contribution in [0, 0.1) is 6.92 Å². The summed E-state index contributed by atoms with van der Waals surface area (Å²) < 4.78 is 35.5. The van der Waals surface area contributed by atoms with Crippen molar-refractivity contribution in [3.05, 3.63) is 51.8 Å². The first kappa shape index (κ1) is 16.5. The summed E-state index contributed by atoms with van der Waals surface area (Å²) in [5, 5.41) is 3.93. The molecule has 0 saturated carbocycles. The van der Waals surface area contributed by atoms with Crippen LogP contribution in [0.3, 0.4) is 0 Å². The van der Waals surface area contributed by atoms with E-state index in [0.29, 0.717) is 5.56 Å². The second-order valence-corrected chi connectivity index (χ2v) is 4.61. The number of aromatic nitrogens is 1. The van der Waals surface area contributed by atoms with E-state index in [1.807, 2.05) is 0 Å². The van der Waals surface area contributed by atoms with Gasteiger partial charge >= 0.3 is 6.61 Å². The van der Waals surface area contributed by atoms with Crippen LogP contribution in [0.2, 0.25) is 0 Å². The molecule has 0 aliphatic heterocycles. The van der Waals surface area contributed by atoms with Crippen LogP contribution in [-0.2, 0) is 0 Å². The summed E-state index contributed by atoms with van der Waals surface area (Å²) in [7, 11) is 1.33. The Kier molecular flexibility index (Phi) is 4.95. The van der Waals surface area contributed by atoms with Crippen molar-refractivity contribution in [2.75, 3.05) is 12.8 Å². The smallest absolute Gasteiger partial charge is 0.387 e. The van der Waals surface area contributed by atoms with Crippen molar-refractivity contribution in [3.63, 3.8) is 0 Å². The Balaban J connectivity index is 2.46. The van der Waals surface area contributed by atoms with Crippen LogP contribution in [0.5, 0.6) is 11.5 Å². The largest absolute Gasteiger partial charge is 0.493 e. The third-order valence-electron chi connectivity index (χ3n) is 2.93. The van der Waals surface area contributed by atoms with E-state index in [2.05, 4.69) is 9.84 Å². The number of nitrogens with zero attached hydrogens (tertiary/aromatic N) is 2. The number of alkyl halides is 2. The standard InChI is InChI=1S/C15H15F2N3O3/c1-9-6-12(18)20(13(21)7-9)19-8-10-4-3-5-11(22-2)14(10)23-15(16)17/h3-8,15H,18H2,1-2H3/b19-8-. The zero-order valence-electron chi connectivity index (χ0n) is 12.5. The molecule has 2 rings (SSSR count). The minimum Gasteiger partial charge on any atom is -0.493 e. The predicted molar refractivity (Wildman–Crippen MR) is 82.5 cm³/mol. The Labute approximate surface area is 130 Å². The van der Waals surface area contributed by atoms with Crippen molar-refractivity contribution < 1.29 is 18.3 Å². The highest BCUT2D eigenvalue weighted by Crippen LogP contribution is 2.31. The minimum atomic E-state index is -3.02. The second-order valence-electron chi connectivity index (χ2n) is 4.61. The fourth-order valence-electron chi connectivity index (χ4n) is 1.97. The summed E-state index contributed by atoms with van der Waals surface area (Å²) >= 11 is 0. The Morgan fingerprint density at radius 1 is 1.35 bits per heavy atom. The van der Waals surface area contributed by atoms with E-state index in [4.69, 9.17) is 10.5 Å². The van der Waals surface area contributed by atoms with Crippen LogP contribution in [0.15, 0.2) is 40.2 Å². The molecule has 1 aromatic heterocycles. The summed E-state index contributed by atoms with van der Waals surface area (Å²) in [6.45, 7) is -1.30. The fraction of sp³-hybridized carbons (Fsp3) is 0.200. The number of benzene rings is 1. The third kappa shape index (κ3) is 3.85. The number of ether oxygens (including phenoxy) is 2. The fourth-order valence-corrected chi connectivity index (χ4v) is 1.97. The van der Waals surface area contributed by atoms with Gasteiger partial charge in [-0.2, -0.15) is 18.6 Å². The van der Waals surface area contributed by atoms with Gasteiger partial charge in [0.2, 0.25) is 0 Å². The number of para-hydroxylation sites is 1. The highest BCUT2D eigenvalue weighted by molar-refractivity contribution is 5.85. The van der Waals surface area contributed by atoms with Crippen molar-refractivity contribution in [2.24, 2.45) is 5.10 Å². The zero-order chi connectivity index (χ0) is 17.0. The highest BCUT2D eigenvalue weighted by Gasteiger charge is 2.14. The predicted octanol–water partition coefficient (Wildman–Crippen LogP) is 2.23. The number of anilines is 1. The Morgan fingerprint density at radius 3 is 2.70 bits per heavy atom. The highest BCUT2D eigenvalue weighted by atomic mass is 19.3. The maximum atomic E-state index is 12.6. The summed E-state index contributed by atoms with van der Waals surface area (Å²) in [6, 6.07) is 7.48. The van der Waals surface area contributed by atoms with Crippen LogP contribution in [0.1, 0.15) is 11.1 Å². The third-order valence-corrected chi connectivity index (χ3v) is 2.93. The lowest BCUT2D eigenvalue weighted by molar-refractivity contribution is -0.0513. The number of rotatable bonds is 5. The average Bonchev–Trinajstić information content (AvgIpc) is 2.46. The molecule has 2 N–H and O–H groups in total. The van der Waals surface area contributed by atoms with Gasteiger partial charge in [-0.05, 0) is 30.7 Å².